The molecule has 3 nitrogen and oxygen atoms in total. The highest BCUT2D eigenvalue weighted by Gasteiger charge is 2.28. The summed E-state index contributed by atoms with van der Waals surface area (Å²) in [4.78, 5) is 0. The topological polar surface area (TPSA) is 41.5 Å². The van der Waals surface area contributed by atoms with Crippen molar-refractivity contribution in [3.05, 3.63) is 35.9 Å². The number of benzene rings is 1. The van der Waals surface area contributed by atoms with Crippen LogP contribution in [0.5, 0.6) is 0 Å². The van der Waals surface area contributed by atoms with Gasteiger partial charge in [0.1, 0.15) is 0 Å². The average Bonchev–Trinajstić information content (AvgIpc) is 2.45. The number of aliphatic hydroxyl groups is 1. The lowest BCUT2D eigenvalue weighted by molar-refractivity contribution is -0.0614. The lowest BCUT2D eigenvalue weighted by Gasteiger charge is -2.32. The Labute approximate surface area is 116 Å². The molecule has 1 aromatic carbocycles. The maximum Gasteiger partial charge on any atom is 0.0815 e. The molecular formula is C16H25NO2. The Morgan fingerprint density at radius 1 is 1.26 bits per heavy atom. The predicted octanol–water partition coefficient (Wildman–Crippen LogP) is 2.31. The van der Waals surface area contributed by atoms with Gasteiger partial charge in [-0.25, -0.2) is 0 Å². The van der Waals surface area contributed by atoms with Crippen LogP contribution in [0.1, 0.15) is 37.7 Å². The lowest BCUT2D eigenvalue weighted by Crippen LogP contribution is -2.45. The molecule has 0 amide bonds. The van der Waals surface area contributed by atoms with Gasteiger partial charge in [0.2, 0.25) is 0 Å². The summed E-state index contributed by atoms with van der Waals surface area (Å²) in [5.41, 5.74) is 0.822. The second kappa shape index (κ2) is 7.04. The van der Waals surface area contributed by atoms with Gasteiger partial charge in [0.05, 0.1) is 5.60 Å². The summed E-state index contributed by atoms with van der Waals surface area (Å²) in [7, 11) is 0. The average molecular weight is 263 g/mol. The van der Waals surface area contributed by atoms with Crippen molar-refractivity contribution >= 4 is 0 Å². The third kappa shape index (κ3) is 4.60. The van der Waals surface area contributed by atoms with Crippen molar-refractivity contribution in [2.75, 3.05) is 26.3 Å². The molecule has 3 heteroatoms. The minimum Gasteiger partial charge on any atom is -0.388 e. The molecule has 19 heavy (non-hydrogen) atoms. The van der Waals surface area contributed by atoms with Gasteiger partial charge in [0, 0.05) is 32.6 Å². The van der Waals surface area contributed by atoms with Gasteiger partial charge >= 0.3 is 0 Å². The van der Waals surface area contributed by atoms with Crippen molar-refractivity contribution < 1.29 is 9.84 Å². The van der Waals surface area contributed by atoms with E-state index in [-0.39, 0.29) is 0 Å². The zero-order valence-corrected chi connectivity index (χ0v) is 11.8. The van der Waals surface area contributed by atoms with Gasteiger partial charge in [-0.2, -0.15) is 0 Å². The smallest absolute Gasteiger partial charge is 0.0815 e. The van der Waals surface area contributed by atoms with Gasteiger partial charge in [0.15, 0.2) is 0 Å². The molecule has 1 atom stereocenters. The molecule has 1 aromatic rings. The van der Waals surface area contributed by atoms with Crippen LogP contribution in [-0.2, 0) is 4.74 Å². The molecule has 2 N–H and O–H groups in total. The zero-order chi connectivity index (χ0) is 13.6. The molecule has 106 valence electrons. The van der Waals surface area contributed by atoms with Crippen molar-refractivity contribution in [2.24, 2.45) is 0 Å². The molecule has 0 bridgehead atoms. The molecule has 0 spiro atoms. The van der Waals surface area contributed by atoms with Crippen molar-refractivity contribution in [1.29, 1.82) is 0 Å². The molecule has 1 fully saturated rings. The van der Waals surface area contributed by atoms with E-state index in [1.807, 2.05) is 0 Å². The highest BCUT2D eigenvalue weighted by atomic mass is 16.5. The normalized spacial score (nSPS) is 20.1. The predicted molar refractivity (Wildman–Crippen MR) is 77.3 cm³/mol. The third-order valence-electron chi connectivity index (χ3n) is 4.00. The quantitative estimate of drug-likeness (QED) is 0.774. The lowest BCUT2D eigenvalue weighted by atomic mass is 9.94. The number of rotatable bonds is 6. The van der Waals surface area contributed by atoms with Crippen molar-refractivity contribution in [2.45, 2.75) is 37.7 Å². The largest absolute Gasteiger partial charge is 0.388 e. The Hall–Kier alpha value is -0.900. The first kappa shape index (κ1) is 14.5. The van der Waals surface area contributed by atoms with E-state index in [4.69, 9.17) is 4.74 Å². The standard InChI is InChI=1S/C16H25NO2/c1-14(15-5-3-2-4-6-15)7-10-17-13-16(18)8-11-19-12-9-16/h2-6,14,17-18H,7-13H2,1H3. The summed E-state index contributed by atoms with van der Waals surface area (Å²) in [5.74, 6) is 0.554. The second-order valence-electron chi connectivity index (χ2n) is 5.61. The Bertz CT molecular complexity index is 360. The number of nitrogens with one attached hydrogen (secondary N) is 1. The number of hydrogen-bond donors (Lipinski definition) is 2. The fraction of sp³-hybridized carbons (Fsp3) is 0.625. The fourth-order valence-corrected chi connectivity index (χ4v) is 2.52. The molecule has 1 heterocycles. The van der Waals surface area contributed by atoms with Gasteiger partial charge in [0.25, 0.3) is 0 Å². The molecule has 1 aliphatic heterocycles. The van der Waals surface area contributed by atoms with Crippen LogP contribution in [0.15, 0.2) is 30.3 Å². The van der Waals surface area contributed by atoms with Crippen molar-refractivity contribution in [3.8, 4) is 0 Å². The van der Waals surface area contributed by atoms with E-state index in [0.29, 0.717) is 25.7 Å². The van der Waals surface area contributed by atoms with Crippen LogP contribution in [0, 0.1) is 0 Å². The Kier molecular flexibility index (Phi) is 5.37. The SMILES string of the molecule is CC(CCNCC1(O)CCOCC1)c1ccccc1. The van der Waals surface area contributed by atoms with Crippen LogP contribution in [0.2, 0.25) is 0 Å². The number of hydrogen-bond acceptors (Lipinski definition) is 3. The van der Waals surface area contributed by atoms with E-state index < -0.39 is 5.60 Å². The van der Waals surface area contributed by atoms with Gasteiger partial charge in [-0.05, 0) is 24.4 Å². The van der Waals surface area contributed by atoms with Crippen LogP contribution in [0.4, 0.5) is 0 Å². The van der Waals surface area contributed by atoms with Crippen molar-refractivity contribution in [1.82, 2.24) is 5.32 Å². The summed E-state index contributed by atoms with van der Waals surface area (Å²) in [6, 6.07) is 10.6. The van der Waals surface area contributed by atoms with Crippen molar-refractivity contribution in [3.63, 3.8) is 0 Å². The van der Waals surface area contributed by atoms with E-state index in [0.717, 1.165) is 25.8 Å². The first-order chi connectivity index (χ1) is 9.20. The highest BCUT2D eigenvalue weighted by molar-refractivity contribution is 5.18. The molecule has 0 radical (unpaired) electrons. The summed E-state index contributed by atoms with van der Waals surface area (Å²) >= 11 is 0. The third-order valence-corrected chi connectivity index (χ3v) is 4.00. The molecule has 0 aromatic heterocycles. The maximum atomic E-state index is 10.3. The van der Waals surface area contributed by atoms with E-state index in [9.17, 15) is 5.11 Å². The zero-order valence-electron chi connectivity index (χ0n) is 11.8. The first-order valence-corrected chi connectivity index (χ1v) is 7.25. The van der Waals surface area contributed by atoms with Crippen LogP contribution in [0.25, 0.3) is 0 Å². The summed E-state index contributed by atoms with van der Waals surface area (Å²) in [6.07, 6.45) is 2.58. The minimum atomic E-state index is -0.561. The summed E-state index contributed by atoms with van der Waals surface area (Å²) in [5, 5.41) is 13.7. The van der Waals surface area contributed by atoms with Crippen LogP contribution in [-0.4, -0.2) is 37.0 Å². The van der Waals surface area contributed by atoms with E-state index in [2.05, 4.69) is 42.6 Å². The van der Waals surface area contributed by atoms with E-state index >= 15 is 0 Å². The summed E-state index contributed by atoms with van der Waals surface area (Å²) < 4.78 is 5.28. The monoisotopic (exact) mass is 263 g/mol. The Balaban J connectivity index is 1.66. The second-order valence-corrected chi connectivity index (χ2v) is 5.61. The van der Waals surface area contributed by atoms with E-state index in [1.165, 1.54) is 5.56 Å². The molecule has 1 aliphatic rings. The maximum absolute atomic E-state index is 10.3. The first-order valence-electron chi connectivity index (χ1n) is 7.25. The molecule has 1 saturated heterocycles. The van der Waals surface area contributed by atoms with Gasteiger partial charge in [-0.15, -0.1) is 0 Å². The Morgan fingerprint density at radius 3 is 2.63 bits per heavy atom. The molecule has 1 unspecified atom stereocenters. The summed E-state index contributed by atoms with van der Waals surface area (Å²) in [6.45, 7) is 5.23. The molecule has 2 rings (SSSR count). The van der Waals surface area contributed by atoms with Gasteiger partial charge in [-0.3, -0.25) is 0 Å². The molecule has 0 saturated carbocycles. The molecular weight excluding hydrogens is 238 g/mol. The van der Waals surface area contributed by atoms with Crippen LogP contribution < -0.4 is 5.32 Å². The Morgan fingerprint density at radius 2 is 1.95 bits per heavy atom. The van der Waals surface area contributed by atoms with Gasteiger partial charge < -0.3 is 15.2 Å². The fourth-order valence-electron chi connectivity index (χ4n) is 2.52. The van der Waals surface area contributed by atoms with E-state index in [1.54, 1.807) is 0 Å². The minimum absolute atomic E-state index is 0.554. The highest BCUT2D eigenvalue weighted by Crippen LogP contribution is 2.20. The molecule has 0 aliphatic carbocycles. The van der Waals surface area contributed by atoms with Crippen LogP contribution in [0.3, 0.4) is 0 Å². The number of ether oxygens (including phenoxy) is 1. The van der Waals surface area contributed by atoms with Crippen LogP contribution >= 0.6 is 0 Å². The van der Waals surface area contributed by atoms with Gasteiger partial charge in [-0.1, -0.05) is 37.3 Å².